The standard InChI is InChI=1S/C13H24NO2PS2/c1-5-8-9-10-11-14(12-18)17(15,16-7-3)19-13(4)6-2/h12-13H,5-7,10-11H2,1-4H3. The minimum Gasteiger partial charge on any atom is -0.306 e. The number of nitrogens with zero attached hydrogens (tertiary/aromatic N) is 1. The van der Waals surface area contributed by atoms with Crippen molar-refractivity contribution in [2.75, 3.05) is 13.2 Å². The van der Waals surface area contributed by atoms with Crippen molar-refractivity contribution in [3.63, 3.8) is 0 Å². The number of rotatable bonds is 9. The molecule has 0 fully saturated rings. The summed E-state index contributed by atoms with van der Waals surface area (Å²) >= 11 is 6.37. The second-order valence-electron chi connectivity index (χ2n) is 3.94. The fourth-order valence-electron chi connectivity index (χ4n) is 1.25. The number of hydrogen-bond acceptors (Lipinski definition) is 4. The third-order valence-corrected chi connectivity index (χ3v) is 8.11. The Balaban J connectivity index is 4.78. The maximum Gasteiger partial charge on any atom is 0.354 e. The molecular weight excluding hydrogens is 297 g/mol. The van der Waals surface area contributed by atoms with Gasteiger partial charge in [-0.15, -0.1) is 11.8 Å². The van der Waals surface area contributed by atoms with Crippen molar-refractivity contribution in [3.8, 4) is 11.8 Å². The van der Waals surface area contributed by atoms with E-state index in [1.165, 1.54) is 16.9 Å². The lowest BCUT2D eigenvalue weighted by atomic mass is 10.4. The molecule has 110 valence electrons. The fraction of sp³-hybridized carbons (Fsp3) is 0.769. The predicted molar refractivity (Wildman–Crippen MR) is 89.6 cm³/mol. The van der Waals surface area contributed by atoms with Crippen molar-refractivity contribution in [1.82, 2.24) is 4.67 Å². The van der Waals surface area contributed by atoms with Crippen LogP contribution in [0, 0.1) is 11.8 Å². The summed E-state index contributed by atoms with van der Waals surface area (Å²) in [4.78, 5) is 0. The molecule has 0 aromatic rings. The molecule has 0 heterocycles. The molecule has 0 spiro atoms. The van der Waals surface area contributed by atoms with Crippen molar-refractivity contribution in [2.45, 2.75) is 52.2 Å². The molecule has 0 saturated heterocycles. The monoisotopic (exact) mass is 321 g/mol. The van der Waals surface area contributed by atoms with E-state index in [0.717, 1.165) is 12.8 Å². The Morgan fingerprint density at radius 1 is 1.42 bits per heavy atom. The largest absolute Gasteiger partial charge is 0.354 e. The fourth-order valence-corrected chi connectivity index (χ4v) is 6.68. The first-order valence-electron chi connectivity index (χ1n) is 6.65. The van der Waals surface area contributed by atoms with E-state index >= 15 is 0 Å². The van der Waals surface area contributed by atoms with Gasteiger partial charge < -0.3 is 4.52 Å². The normalized spacial score (nSPS) is 14.9. The Hall–Kier alpha value is -0.0100. The van der Waals surface area contributed by atoms with Crippen molar-refractivity contribution in [2.24, 2.45) is 0 Å². The molecule has 0 rings (SSSR count). The van der Waals surface area contributed by atoms with Gasteiger partial charge in [0.25, 0.3) is 0 Å². The van der Waals surface area contributed by atoms with Crippen LogP contribution in [0.4, 0.5) is 0 Å². The SMILES string of the molecule is CCC#CCCN(C=S)P(=O)(OCC)SC(C)CC. The lowest BCUT2D eigenvalue weighted by Crippen LogP contribution is -2.20. The molecule has 0 saturated carbocycles. The van der Waals surface area contributed by atoms with Gasteiger partial charge in [-0.2, -0.15) is 0 Å². The van der Waals surface area contributed by atoms with Crippen LogP contribution >= 0.6 is 30.3 Å². The first-order valence-corrected chi connectivity index (χ1v) is 10.2. The molecule has 0 bridgehead atoms. The molecule has 6 heteroatoms. The summed E-state index contributed by atoms with van der Waals surface area (Å²) in [5.41, 5.74) is 1.44. The zero-order valence-electron chi connectivity index (χ0n) is 12.2. The van der Waals surface area contributed by atoms with Crippen LogP contribution in [0.1, 0.15) is 47.0 Å². The minimum atomic E-state index is -2.93. The van der Waals surface area contributed by atoms with Gasteiger partial charge in [0.05, 0.1) is 12.1 Å². The van der Waals surface area contributed by atoms with Gasteiger partial charge in [0.2, 0.25) is 0 Å². The van der Waals surface area contributed by atoms with Crippen LogP contribution < -0.4 is 0 Å². The first kappa shape index (κ1) is 19.0. The van der Waals surface area contributed by atoms with E-state index < -0.39 is 6.72 Å². The van der Waals surface area contributed by atoms with Crippen LogP contribution in [0.2, 0.25) is 0 Å². The van der Waals surface area contributed by atoms with Gasteiger partial charge in [-0.1, -0.05) is 33.0 Å². The van der Waals surface area contributed by atoms with Crippen molar-refractivity contribution in [1.29, 1.82) is 0 Å². The van der Waals surface area contributed by atoms with Crippen molar-refractivity contribution < 1.29 is 9.09 Å². The smallest absolute Gasteiger partial charge is 0.306 e. The summed E-state index contributed by atoms with van der Waals surface area (Å²) in [6.07, 6.45) is 2.43. The van der Waals surface area contributed by atoms with E-state index in [1.54, 1.807) is 4.67 Å². The Bertz CT molecular complexity index is 365. The molecule has 3 nitrogen and oxygen atoms in total. The summed E-state index contributed by atoms with van der Waals surface area (Å²) in [5.74, 6) is 6.04. The average molecular weight is 321 g/mol. The molecule has 0 aliphatic rings. The lowest BCUT2D eigenvalue weighted by molar-refractivity contribution is 0.318. The molecule has 0 N–H and O–H groups in total. The molecule has 0 aliphatic heterocycles. The molecule has 19 heavy (non-hydrogen) atoms. The van der Waals surface area contributed by atoms with E-state index in [9.17, 15) is 4.57 Å². The highest BCUT2D eigenvalue weighted by atomic mass is 32.7. The second-order valence-corrected chi connectivity index (χ2v) is 8.89. The van der Waals surface area contributed by atoms with E-state index in [2.05, 4.69) is 25.7 Å². The molecule has 0 radical (unpaired) electrons. The third-order valence-electron chi connectivity index (χ3n) is 2.38. The highest BCUT2D eigenvalue weighted by molar-refractivity contribution is 8.56. The van der Waals surface area contributed by atoms with Crippen molar-refractivity contribution in [3.05, 3.63) is 0 Å². The minimum absolute atomic E-state index is 0.275. The molecule has 0 amide bonds. The Morgan fingerprint density at radius 3 is 2.58 bits per heavy atom. The van der Waals surface area contributed by atoms with Gasteiger partial charge in [-0.3, -0.25) is 9.24 Å². The average Bonchev–Trinajstić information content (AvgIpc) is 2.38. The third kappa shape index (κ3) is 7.37. The molecule has 2 atom stereocenters. The van der Waals surface area contributed by atoms with E-state index in [1.807, 2.05) is 13.8 Å². The van der Waals surface area contributed by atoms with E-state index in [-0.39, 0.29) is 5.25 Å². The summed E-state index contributed by atoms with van der Waals surface area (Å²) in [7, 11) is 0. The number of hydrogen-bond donors (Lipinski definition) is 0. The van der Waals surface area contributed by atoms with E-state index in [4.69, 9.17) is 16.7 Å². The molecular formula is C13H24NO2PS2. The quantitative estimate of drug-likeness (QED) is 0.348. The van der Waals surface area contributed by atoms with Gasteiger partial charge in [-0.25, -0.2) is 0 Å². The van der Waals surface area contributed by atoms with Crippen LogP contribution in [-0.2, 0) is 9.09 Å². The predicted octanol–water partition coefficient (Wildman–Crippen LogP) is 4.73. The van der Waals surface area contributed by atoms with Gasteiger partial charge in [0.15, 0.2) is 0 Å². The van der Waals surface area contributed by atoms with Gasteiger partial charge in [-0.05, 0) is 24.7 Å². The van der Waals surface area contributed by atoms with Crippen LogP contribution in [0.5, 0.6) is 0 Å². The van der Waals surface area contributed by atoms with E-state index in [0.29, 0.717) is 19.6 Å². The van der Waals surface area contributed by atoms with Crippen LogP contribution in [0.3, 0.4) is 0 Å². The van der Waals surface area contributed by atoms with Gasteiger partial charge in [0.1, 0.15) is 0 Å². The topological polar surface area (TPSA) is 29.5 Å². The van der Waals surface area contributed by atoms with Crippen LogP contribution in [0.15, 0.2) is 0 Å². The maximum atomic E-state index is 12.9. The molecule has 0 aromatic heterocycles. The van der Waals surface area contributed by atoms with Crippen molar-refractivity contribution >= 4 is 35.8 Å². The Morgan fingerprint density at radius 2 is 2.11 bits per heavy atom. The second kappa shape index (κ2) is 10.7. The highest BCUT2D eigenvalue weighted by Crippen LogP contribution is 2.63. The first-order chi connectivity index (χ1) is 9.03. The summed E-state index contributed by atoms with van der Waals surface area (Å²) in [5, 5.41) is 0.275. The Labute approximate surface area is 127 Å². The van der Waals surface area contributed by atoms with Gasteiger partial charge >= 0.3 is 6.72 Å². The zero-order valence-corrected chi connectivity index (χ0v) is 14.7. The summed E-state index contributed by atoms with van der Waals surface area (Å²) in [6.45, 7) is 6.02. The summed E-state index contributed by atoms with van der Waals surface area (Å²) < 4.78 is 20.1. The van der Waals surface area contributed by atoms with Crippen LogP contribution in [-0.4, -0.2) is 28.6 Å². The highest BCUT2D eigenvalue weighted by Gasteiger charge is 2.32. The molecule has 2 unspecified atom stereocenters. The molecule has 0 aromatic carbocycles. The van der Waals surface area contributed by atoms with Crippen LogP contribution in [0.25, 0.3) is 0 Å². The maximum absolute atomic E-state index is 12.9. The summed E-state index contributed by atoms with van der Waals surface area (Å²) in [6, 6.07) is 0. The Kier molecular flexibility index (Phi) is 10.7. The van der Waals surface area contributed by atoms with Gasteiger partial charge in [0, 0.05) is 24.6 Å². The molecule has 0 aliphatic carbocycles. The zero-order chi connectivity index (χ0) is 14.7. The number of thiocarbonyl (C=S) groups is 1. The lowest BCUT2D eigenvalue weighted by Gasteiger charge is -2.29.